The SMILES string of the molecule is Cc1ccc(CN2CCCC23CCNCC3)c(OC2CCN(C)CC2)c1. The predicted molar refractivity (Wildman–Crippen MR) is 107 cm³/mol. The molecular formula is C22H35N3O. The van der Waals surface area contributed by atoms with Crippen molar-refractivity contribution in [3.63, 3.8) is 0 Å². The Balaban J connectivity index is 1.49. The van der Waals surface area contributed by atoms with Crippen LogP contribution in [0.2, 0.25) is 0 Å². The number of piperidine rings is 2. The van der Waals surface area contributed by atoms with E-state index in [2.05, 4.69) is 47.3 Å². The largest absolute Gasteiger partial charge is 0.490 e. The monoisotopic (exact) mass is 357 g/mol. The zero-order valence-electron chi connectivity index (χ0n) is 16.6. The first kappa shape index (κ1) is 18.3. The second-order valence-corrected chi connectivity index (χ2v) is 8.73. The molecule has 1 spiro atoms. The van der Waals surface area contributed by atoms with E-state index in [0.29, 0.717) is 11.6 Å². The highest BCUT2D eigenvalue weighted by Crippen LogP contribution is 2.39. The lowest BCUT2D eigenvalue weighted by Crippen LogP contribution is -2.50. The Morgan fingerprint density at radius 3 is 2.65 bits per heavy atom. The number of hydrogen-bond acceptors (Lipinski definition) is 4. The minimum Gasteiger partial charge on any atom is -0.490 e. The first-order chi connectivity index (χ1) is 12.6. The minimum absolute atomic E-state index is 0.373. The van der Waals surface area contributed by atoms with Crippen molar-refractivity contribution in [1.29, 1.82) is 0 Å². The maximum Gasteiger partial charge on any atom is 0.124 e. The third-order valence-electron chi connectivity index (χ3n) is 6.82. The van der Waals surface area contributed by atoms with E-state index in [-0.39, 0.29) is 0 Å². The molecular weight excluding hydrogens is 322 g/mol. The number of likely N-dealkylation sites (tertiary alicyclic amines) is 2. The number of aryl methyl sites for hydroxylation is 1. The van der Waals surface area contributed by atoms with E-state index in [4.69, 9.17) is 4.74 Å². The van der Waals surface area contributed by atoms with Crippen LogP contribution in [0.3, 0.4) is 0 Å². The van der Waals surface area contributed by atoms with Crippen LogP contribution in [0, 0.1) is 6.92 Å². The second-order valence-electron chi connectivity index (χ2n) is 8.73. The maximum absolute atomic E-state index is 6.54. The molecule has 3 aliphatic heterocycles. The molecule has 0 saturated carbocycles. The number of nitrogens with one attached hydrogen (secondary N) is 1. The highest BCUT2D eigenvalue weighted by molar-refractivity contribution is 5.37. The lowest BCUT2D eigenvalue weighted by Gasteiger charge is -2.42. The van der Waals surface area contributed by atoms with Gasteiger partial charge < -0.3 is 15.0 Å². The molecule has 0 aromatic heterocycles. The smallest absolute Gasteiger partial charge is 0.124 e. The Morgan fingerprint density at radius 1 is 1.12 bits per heavy atom. The quantitative estimate of drug-likeness (QED) is 0.896. The highest BCUT2D eigenvalue weighted by Gasteiger charge is 2.41. The van der Waals surface area contributed by atoms with Gasteiger partial charge in [0.05, 0.1) is 0 Å². The Kier molecular flexibility index (Phi) is 5.53. The van der Waals surface area contributed by atoms with Crippen LogP contribution in [-0.4, -0.2) is 61.2 Å². The summed E-state index contributed by atoms with van der Waals surface area (Å²) in [7, 11) is 2.21. The molecule has 3 fully saturated rings. The lowest BCUT2D eigenvalue weighted by atomic mass is 9.85. The molecule has 4 rings (SSSR count). The number of ether oxygens (including phenoxy) is 1. The van der Waals surface area contributed by atoms with Gasteiger partial charge in [-0.05, 0) is 83.8 Å². The molecule has 0 aliphatic carbocycles. The van der Waals surface area contributed by atoms with E-state index in [1.54, 1.807) is 0 Å². The molecule has 144 valence electrons. The third-order valence-corrected chi connectivity index (χ3v) is 6.82. The van der Waals surface area contributed by atoms with Gasteiger partial charge in [-0.1, -0.05) is 12.1 Å². The fourth-order valence-electron chi connectivity index (χ4n) is 5.09. The predicted octanol–water partition coefficient (Wildman–Crippen LogP) is 3.19. The van der Waals surface area contributed by atoms with Gasteiger partial charge in [0.2, 0.25) is 0 Å². The van der Waals surface area contributed by atoms with Gasteiger partial charge in [0.25, 0.3) is 0 Å². The van der Waals surface area contributed by atoms with E-state index in [0.717, 1.165) is 38.2 Å². The van der Waals surface area contributed by atoms with Crippen LogP contribution >= 0.6 is 0 Å². The summed E-state index contributed by atoms with van der Waals surface area (Å²) >= 11 is 0. The number of rotatable bonds is 4. The molecule has 4 heteroatoms. The Morgan fingerprint density at radius 2 is 1.88 bits per heavy atom. The first-order valence-electron chi connectivity index (χ1n) is 10.6. The fraction of sp³-hybridized carbons (Fsp3) is 0.727. The molecule has 1 aromatic carbocycles. The molecule has 4 nitrogen and oxygen atoms in total. The summed E-state index contributed by atoms with van der Waals surface area (Å²) in [6.45, 7) is 9.09. The van der Waals surface area contributed by atoms with Gasteiger partial charge in [-0.3, -0.25) is 4.90 Å². The molecule has 1 N–H and O–H groups in total. The fourth-order valence-corrected chi connectivity index (χ4v) is 5.09. The van der Waals surface area contributed by atoms with Gasteiger partial charge in [0.15, 0.2) is 0 Å². The van der Waals surface area contributed by atoms with Crippen molar-refractivity contribution in [2.75, 3.05) is 39.8 Å². The van der Waals surface area contributed by atoms with Crippen molar-refractivity contribution in [3.8, 4) is 5.75 Å². The summed E-state index contributed by atoms with van der Waals surface area (Å²) in [5.74, 6) is 1.13. The Hall–Kier alpha value is -1.10. The molecule has 0 radical (unpaired) electrons. The summed E-state index contributed by atoms with van der Waals surface area (Å²) < 4.78 is 6.54. The molecule has 0 bridgehead atoms. The van der Waals surface area contributed by atoms with Crippen molar-refractivity contribution in [2.45, 2.75) is 63.6 Å². The normalized spacial score (nSPS) is 25.0. The molecule has 1 aromatic rings. The van der Waals surface area contributed by atoms with Crippen molar-refractivity contribution >= 4 is 0 Å². The van der Waals surface area contributed by atoms with Gasteiger partial charge in [-0.25, -0.2) is 0 Å². The average Bonchev–Trinajstić information content (AvgIpc) is 3.01. The molecule has 3 saturated heterocycles. The topological polar surface area (TPSA) is 27.7 Å². The average molecular weight is 358 g/mol. The molecule has 3 heterocycles. The third kappa shape index (κ3) is 3.92. The minimum atomic E-state index is 0.373. The molecule has 0 amide bonds. The van der Waals surface area contributed by atoms with Gasteiger partial charge in [-0.15, -0.1) is 0 Å². The van der Waals surface area contributed by atoms with E-state index in [9.17, 15) is 0 Å². The molecule has 0 unspecified atom stereocenters. The number of hydrogen-bond donors (Lipinski definition) is 1. The molecule has 3 aliphatic rings. The van der Waals surface area contributed by atoms with E-state index < -0.39 is 0 Å². The van der Waals surface area contributed by atoms with E-state index >= 15 is 0 Å². The van der Waals surface area contributed by atoms with Gasteiger partial charge in [0.1, 0.15) is 11.9 Å². The zero-order valence-corrected chi connectivity index (χ0v) is 16.6. The van der Waals surface area contributed by atoms with Crippen LogP contribution in [0.25, 0.3) is 0 Å². The van der Waals surface area contributed by atoms with E-state index in [1.165, 1.54) is 56.4 Å². The number of benzene rings is 1. The van der Waals surface area contributed by atoms with E-state index in [1.807, 2.05) is 0 Å². The summed E-state index contributed by atoms with van der Waals surface area (Å²) in [5.41, 5.74) is 3.12. The van der Waals surface area contributed by atoms with Crippen LogP contribution in [0.5, 0.6) is 5.75 Å². The van der Waals surface area contributed by atoms with Gasteiger partial charge >= 0.3 is 0 Å². The molecule has 26 heavy (non-hydrogen) atoms. The van der Waals surface area contributed by atoms with Gasteiger partial charge in [0, 0.05) is 30.7 Å². The van der Waals surface area contributed by atoms with Crippen LogP contribution < -0.4 is 10.1 Å². The lowest BCUT2D eigenvalue weighted by molar-refractivity contribution is 0.0870. The number of nitrogens with zero attached hydrogens (tertiary/aromatic N) is 2. The maximum atomic E-state index is 6.54. The molecule has 0 atom stereocenters. The summed E-state index contributed by atoms with van der Waals surface area (Å²) in [6, 6.07) is 6.83. The van der Waals surface area contributed by atoms with Crippen molar-refractivity contribution in [3.05, 3.63) is 29.3 Å². The van der Waals surface area contributed by atoms with Crippen molar-refractivity contribution < 1.29 is 4.74 Å². The van der Waals surface area contributed by atoms with Crippen LogP contribution in [-0.2, 0) is 6.54 Å². The second kappa shape index (κ2) is 7.87. The summed E-state index contributed by atoms with van der Waals surface area (Å²) in [5, 5.41) is 3.54. The van der Waals surface area contributed by atoms with Crippen LogP contribution in [0.15, 0.2) is 18.2 Å². The summed E-state index contributed by atoms with van der Waals surface area (Å²) in [4.78, 5) is 5.17. The highest BCUT2D eigenvalue weighted by atomic mass is 16.5. The standard InChI is InChI=1S/C22H35N3O/c1-18-4-5-19(21(16-18)26-20-6-14-24(2)15-7-20)17-25-13-3-8-22(25)9-11-23-12-10-22/h4-5,16,20,23H,3,6-15,17H2,1-2H3. The summed E-state index contributed by atoms with van der Waals surface area (Å²) in [6.07, 6.45) is 7.96. The Bertz CT molecular complexity index is 603. The zero-order chi connectivity index (χ0) is 18.0. The van der Waals surface area contributed by atoms with Crippen molar-refractivity contribution in [1.82, 2.24) is 15.1 Å². The van der Waals surface area contributed by atoms with Crippen LogP contribution in [0.1, 0.15) is 49.7 Å². The van der Waals surface area contributed by atoms with Crippen molar-refractivity contribution in [2.24, 2.45) is 0 Å². The van der Waals surface area contributed by atoms with Gasteiger partial charge in [-0.2, -0.15) is 0 Å². The first-order valence-corrected chi connectivity index (χ1v) is 10.6. The Labute approximate surface area is 158 Å². The van der Waals surface area contributed by atoms with Crippen LogP contribution in [0.4, 0.5) is 0 Å².